The van der Waals surface area contributed by atoms with Crippen LogP contribution in [0.15, 0.2) is 41.6 Å². The van der Waals surface area contributed by atoms with Gasteiger partial charge in [0, 0.05) is 36.9 Å². The molecule has 0 aliphatic heterocycles. The molecule has 1 N–H and O–H groups in total. The molecule has 7 nitrogen and oxygen atoms in total. The standard InChI is InChI=1S/C22H22FN3O4S/c1-4-15-11-16(5-6-21(15)31-23)26-22-17-12-19(29-9-7-27-2)20(30-10-8-28-3)13-18(17)24-14-25-22/h1,5-6,11-14H,7-10H2,2-3H3,(H,24,25,26). The third-order valence-electron chi connectivity index (χ3n) is 4.27. The van der Waals surface area contributed by atoms with E-state index in [9.17, 15) is 3.89 Å². The molecule has 1 aromatic heterocycles. The second kappa shape index (κ2) is 11.4. The summed E-state index contributed by atoms with van der Waals surface area (Å²) in [6.45, 7) is 1.59. The first-order chi connectivity index (χ1) is 15.2. The minimum atomic E-state index is 0.113. The maximum absolute atomic E-state index is 13.0. The van der Waals surface area contributed by atoms with Crippen molar-refractivity contribution in [3.05, 3.63) is 42.2 Å². The summed E-state index contributed by atoms with van der Waals surface area (Å²) in [6, 6.07) is 8.63. The van der Waals surface area contributed by atoms with E-state index in [0.717, 1.165) is 5.39 Å². The molecule has 0 fully saturated rings. The number of hydrogen-bond acceptors (Lipinski definition) is 8. The largest absolute Gasteiger partial charge is 0.487 e. The van der Waals surface area contributed by atoms with Gasteiger partial charge in [0.05, 0.1) is 35.8 Å². The molecule has 0 radical (unpaired) electrons. The van der Waals surface area contributed by atoms with E-state index in [1.54, 1.807) is 38.5 Å². The molecule has 3 aromatic rings. The number of nitrogens with one attached hydrogen (secondary N) is 1. The highest BCUT2D eigenvalue weighted by Crippen LogP contribution is 2.35. The molecule has 0 amide bonds. The van der Waals surface area contributed by atoms with Crippen molar-refractivity contribution >= 4 is 34.6 Å². The van der Waals surface area contributed by atoms with Crippen molar-refractivity contribution in [1.29, 1.82) is 0 Å². The van der Waals surface area contributed by atoms with Crippen molar-refractivity contribution in [3.63, 3.8) is 0 Å². The van der Waals surface area contributed by atoms with Crippen molar-refractivity contribution < 1.29 is 22.8 Å². The van der Waals surface area contributed by atoms with Crippen LogP contribution < -0.4 is 14.8 Å². The Morgan fingerprint density at radius 2 is 1.71 bits per heavy atom. The Kier molecular flexibility index (Phi) is 8.29. The van der Waals surface area contributed by atoms with Gasteiger partial charge in [0.2, 0.25) is 0 Å². The summed E-state index contributed by atoms with van der Waals surface area (Å²) >= 11 is 0.113. The lowest BCUT2D eigenvalue weighted by molar-refractivity contribution is 0.132. The van der Waals surface area contributed by atoms with Gasteiger partial charge in [-0.15, -0.1) is 6.42 Å². The number of terminal acetylenes is 1. The van der Waals surface area contributed by atoms with Gasteiger partial charge < -0.3 is 24.3 Å². The molecular weight excluding hydrogens is 421 g/mol. The Bertz CT molecular complexity index is 1070. The summed E-state index contributed by atoms with van der Waals surface area (Å²) in [6.07, 6.45) is 6.94. The zero-order valence-electron chi connectivity index (χ0n) is 17.2. The number of anilines is 2. The number of fused-ring (bicyclic) bond motifs is 1. The highest BCUT2D eigenvalue weighted by Gasteiger charge is 2.13. The van der Waals surface area contributed by atoms with Gasteiger partial charge in [-0.25, -0.2) is 9.97 Å². The minimum Gasteiger partial charge on any atom is -0.487 e. The zero-order chi connectivity index (χ0) is 22.1. The number of methoxy groups -OCH3 is 2. The normalized spacial score (nSPS) is 10.6. The lowest BCUT2D eigenvalue weighted by Gasteiger charge is -2.15. The Morgan fingerprint density at radius 3 is 2.35 bits per heavy atom. The minimum absolute atomic E-state index is 0.113. The smallest absolute Gasteiger partial charge is 0.163 e. The van der Waals surface area contributed by atoms with Gasteiger partial charge in [-0.3, -0.25) is 0 Å². The maximum Gasteiger partial charge on any atom is 0.163 e. The van der Waals surface area contributed by atoms with Crippen molar-refractivity contribution in [3.8, 4) is 23.8 Å². The summed E-state index contributed by atoms with van der Waals surface area (Å²) in [7, 11) is 3.21. The molecule has 162 valence electrons. The number of rotatable bonds is 11. The van der Waals surface area contributed by atoms with E-state index in [-0.39, 0.29) is 12.1 Å². The monoisotopic (exact) mass is 443 g/mol. The molecule has 0 atom stereocenters. The first-order valence-electron chi connectivity index (χ1n) is 9.38. The summed E-state index contributed by atoms with van der Waals surface area (Å²) in [5.41, 5.74) is 1.79. The fraction of sp³-hybridized carbons (Fsp3) is 0.273. The van der Waals surface area contributed by atoms with E-state index >= 15 is 0 Å². The van der Waals surface area contributed by atoms with Crippen molar-refractivity contribution in [1.82, 2.24) is 9.97 Å². The van der Waals surface area contributed by atoms with E-state index < -0.39 is 0 Å². The first-order valence-corrected chi connectivity index (χ1v) is 10.1. The van der Waals surface area contributed by atoms with E-state index in [1.165, 1.54) is 6.33 Å². The third kappa shape index (κ3) is 5.76. The number of hydrogen-bond donors (Lipinski definition) is 1. The lowest BCUT2D eigenvalue weighted by Crippen LogP contribution is -2.09. The Balaban J connectivity index is 1.96. The molecule has 9 heteroatoms. The maximum atomic E-state index is 13.0. The van der Waals surface area contributed by atoms with Crippen molar-refractivity contribution in [2.24, 2.45) is 0 Å². The fourth-order valence-electron chi connectivity index (χ4n) is 2.78. The van der Waals surface area contributed by atoms with Gasteiger partial charge >= 0.3 is 0 Å². The zero-order valence-corrected chi connectivity index (χ0v) is 18.0. The molecule has 0 bridgehead atoms. The van der Waals surface area contributed by atoms with E-state index in [0.29, 0.717) is 65.4 Å². The van der Waals surface area contributed by atoms with Crippen molar-refractivity contribution in [2.75, 3.05) is 46.0 Å². The summed E-state index contributed by atoms with van der Waals surface area (Å²) in [5.74, 6) is 4.12. The average Bonchev–Trinajstić information content (AvgIpc) is 2.79. The van der Waals surface area contributed by atoms with Crippen LogP contribution in [-0.2, 0) is 9.47 Å². The SMILES string of the molecule is C#Cc1cc(Nc2ncnc3cc(OCCOC)c(OCCOC)cc23)ccc1SF. The van der Waals surface area contributed by atoms with Crippen LogP contribution in [0.1, 0.15) is 5.56 Å². The Labute approximate surface area is 184 Å². The summed E-state index contributed by atoms with van der Waals surface area (Å²) in [5, 5.41) is 3.94. The quantitative estimate of drug-likeness (QED) is 0.346. The topological polar surface area (TPSA) is 74.7 Å². The van der Waals surface area contributed by atoms with E-state index in [2.05, 4.69) is 21.2 Å². The molecule has 0 saturated carbocycles. The predicted molar refractivity (Wildman–Crippen MR) is 119 cm³/mol. The lowest BCUT2D eigenvalue weighted by atomic mass is 10.2. The summed E-state index contributed by atoms with van der Waals surface area (Å²) in [4.78, 5) is 9.07. The van der Waals surface area contributed by atoms with Crippen LogP contribution >= 0.6 is 12.1 Å². The molecule has 1 heterocycles. The molecule has 0 aliphatic rings. The van der Waals surface area contributed by atoms with Crippen LogP contribution in [0.25, 0.3) is 10.9 Å². The van der Waals surface area contributed by atoms with E-state index in [1.807, 2.05) is 6.07 Å². The number of nitrogens with zero attached hydrogens (tertiary/aromatic N) is 2. The second-order valence-corrected chi connectivity index (χ2v) is 6.87. The predicted octanol–water partition coefficient (Wildman–Crippen LogP) is 4.38. The second-order valence-electron chi connectivity index (χ2n) is 6.28. The molecule has 2 aromatic carbocycles. The van der Waals surface area contributed by atoms with Crippen molar-refractivity contribution in [2.45, 2.75) is 4.90 Å². The van der Waals surface area contributed by atoms with Gasteiger partial charge in [0.1, 0.15) is 25.4 Å². The molecular formula is C22H22FN3O4S. The highest BCUT2D eigenvalue weighted by molar-refractivity contribution is 7.94. The number of ether oxygens (including phenoxy) is 4. The number of aromatic nitrogens is 2. The van der Waals surface area contributed by atoms with Gasteiger partial charge in [-0.1, -0.05) is 5.92 Å². The van der Waals surface area contributed by atoms with Gasteiger partial charge in [0.25, 0.3) is 0 Å². The number of benzene rings is 2. The average molecular weight is 444 g/mol. The molecule has 0 unspecified atom stereocenters. The van der Waals surface area contributed by atoms with Crippen LogP contribution in [0.2, 0.25) is 0 Å². The molecule has 31 heavy (non-hydrogen) atoms. The third-order valence-corrected chi connectivity index (χ3v) is 4.79. The molecule has 0 saturated heterocycles. The van der Waals surface area contributed by atoms with Gasteiger partial charge in [-0.05, 0) is 24.3 Å². The summed E-state index contributed by atoms with van der Waals surface area (Å²) < 4.78 is 34.8. The molecule has 0 spiro atoms. The number of halogens is 1. The van der Waals surface area contributed by atoms with Crippen LogP contribution in [0.5, 0.6) is 11.5 Å². The van der Waals surface area contributed by atoms with Crippen LogP contribution in [0.3, 0.4) is 0 Å². The Hall–Kier alpha value is -3.06. The fourth-order valence-corrected chi connectivity index (χ4v) is 3.10. The van der Waals surface area contributed by atoms with Crippen LogP contribution in [0, 0.1) is 12.3 Å². The first kappa shape index (κ1) is 22.6. The molecule has 3 rings (SSSR count). The van der Waals surface area contributed by atoms with Gasteiger partial charge in [0.15, 0.2) is 11.5 Å². The van der Waals surface area contributed by atoms with Crippen LogP contribution in [0.4, 0.5) is 15.4 Å². The highest BCUT2D eigenvalue weighted by atomic mass is 32.2. The van der Waals surface area contributed by atoms with Gasteiger partial charge in [-0.2, -0.15) is 3.89 Å². The van der Waals surface area contributed by atoms with Crippen LogP contribution in [-0.4, -0.2) is 50.6 Å². The Morgan fingerprint density at radius 1 is 1.00 bits per heavy atom. The molecule has 0 aliphatic carbocycles. The van der Waals surface area contributed by atoms with E-state index in [4.69, 9.17) is 25.4 Å².